The van der Waals surface area contributed by atoms with Crippen molar-refractivity contribution in [1.82, 2.24) is 4.72 Å². The second-order valence-electron chi connectivity index (χ2n) is 7.11. The summed E-state index contributed by atoms with van der Waals surface area (Å²) in [5.74, 6) is -1.90. The van der Waals surface area contributed by atoms with Gasteiger partial charge in [0.05, 0.1) is 19.3 Å². The van der Waals surface area contributed by atoms with Gasteiger partial charge in [-0.25, -0.2) is 13.2 Å². The van der Waals surface area contributed by atoms with E-state index in [2.05, 4.69) is 8.37 Å². The quantitative estimate of drug-likeness (QED) is 0.112. The summed E-state index contributed by atoms with van der Waals surface area (Å²) < 4.78 is 118. The summed E-state index contributed by atoms with van der Waals surface area (Å²) >= 11 is 0. The molecule has 35 heavy (non-hydrogen) atoms. The van der Waals surface area contributed by atoms with E-state index in [9.17, 15) is 45.4 Å². The monoisotopic (exact) mass is 579 g/mol. The zero-order valence-corrected chi connectivity index (χ0v) is 19.3. The van der Waals surface area contributed by atoms with E-state index in [4.69, 9.17) is 33.0 Å². The number of aliphatic hydroxyl groups is 3. The second kappa shape index (κ2) is 11.1. The lowest BCUT2D eigenvalue weighted by Crippen LogP contribution is -2.66. The summed E-state index contributed by atoms with van der Waals surface area (Å²) in [5.41, 5.74) is 0. The minimum Gasteiger partial charge on any atom is -0.479 e. The smallest absolute Gasteiger partial charge is 0.397 e. The largest absolute Gasteiger partial charge is 0.479 e. The van der Waals surface area contributed by atoms with Crippen molar-refractivity contribution >= 4 is 37.1 Å². The summed E-state index contributed by atoms with van der Waals surface area (Å²) in [5, 5.41) is 39.7. The van der Waals surface area contributed by atoms with Gasteiger partial charge in [0.15, 0.2) is 18.5 Å². The molecule has 2 saturated heterocycles. The number of ether oxygens (including phenoxy) is 3. The molecular formula is C12H21NO19S3. The fraction of sp³-hybridized carbons (Fsp3) is 0.917. The molecule has 206 valence electrons. The molecule has 0 saturated carbocycles. The average Bonchev–Trinajstić information content (AvgIpc) is 2.66. The molecule has 2 fully saturated rings. The van der Waals surface area contributed by atoms with E-state index in [-0.39, 0.29) is 0 Å². The van der Waals surface area contributed by atoms with Gasteiger partial charge >= 0.3 is 37.1 Å². The van der Waals surface area contributed by atoms with E-state index in [0.29, 0.717) is 0 Å². The highest BCUT2D eigenvalue weighted by Crippen LogP contribution is 2.30. The van der Waals surface area contributed by atoms with Crippen molar-refractivity contribution in [2.24, 2.45) is 0 Å². The Morgan fingerprint density at radius 3 is 2.00 bits per heavy atom. The molecule has 23 heteroatoms. The van der Waals surface area contributed by atoms with Gasteiger partial charge in [0.25, 0.3) is 0 Å². The maximum atomic E-state index is 11.3. The van der Waals surface area contributed by atoms with Gasteiger partial charge < -0.3 is 34.6 Å². The minimum atomic E-state index is -5.42. The van der Waals surface area contributed by atoms with Crippen LogP contribution < -0.4 is 4.72 Å². The Morgan fingerprint density at radius 2 is 1.51 bits per heavy atom. The van der Waals surface area contributed by atoms with Crippen LogP contribution in [0.3, 0.4) is 0 Å². The van der Waals surface area contributed by atoms with E-state index >= 15 is 0 Å². The van der Waals surface area contributed by atoms with Gasteiger partial charge in [-0.2, -0.15) is 30.0 Å². The lowest BCUT2D eigenvalue weighted by molar-refractivity contribution is -0.321. The van der Waals surface area contributed by atoms with Crippen LogP contribution in [0.25, 0.3) is 0 Å². The molecule has 9 atom stereocenters. The predicted molar refractivity (Wildman–Crippen MR) is 101 cm³/mol. The Hall–Kier alpha value is -1.16. The first-order chi connectivity index (χ1) is 15.8. The summed E-state index contributed by atoms with van der Waals surface area (Å²) in [7, 11) is -15.5. The number of nitrogens with one attached hydrogen (secondary N) is 1. The summed E-state index contributed by atoms with van der Waals surface area (Å²) in [4.78, 5) is 11.3. The Balaban J connectivity index is 2.41. The number of aliphatic carboxylic acids is 1. The molecule has 0 bridgehead atoms. The van der Waals surface area contributed by atoms with Crippen molar-refractivity contribution in [3.05, 3.63) is 0 Å². The molecule has 0 aromatic carbocycles. The molecular weight excluding hydrogens is 558 g/mol. The Morgan fingerprint density at radius 1 is 0.914 bits per heavy atom. The summed E-state index contributed by atoms with van der Waals surface area (Å²) in [6.07, 6.45) is -17.7. The summed E-state index contributed by atoms with van der Waals surface area (Å²) in [6, 6.07) is -1.72. The lowest BCUT2D eigenvalue weighted by atomic mass is 9.97. The van der Waals surface area contributed by atoms with Gasteiger partial charge in [-0.1, -0.05) is 0 Å². The number of aliphatic hydroxyl groups excluding tert-OH is 3. The molecule has 8 N–H and O–H groups in total. The van der Waals surface area contributed by atoms with Crippen LogP contribution in [0.4, 0.5) is 0 Å². The molecule has 0 radical (unpaired) electrons. The SMILES string of the molecule is O=C(O)[C@@H]1O[C@@H](O[C@H]2[C@H](O)[C@@H](NS(=O)(=O)O)CO[C@@H]2COS(=O)(=O)O)[C@H](OS(=O)(=O)O)[C@@H](O)[C@@H]1O. The maximum absolute atomic E-state index is 11.3. The molecule has 0 spiro atoms. The molecule has 2 aliphatic rings. The van der Waals surface area contributed by atoms with Crippen molar-refractivity contribution in [3.8, 4) is 0 Å². The van der Waals surface area contributed by atoms with E-state index in [0.717, 1.165) is 0 Å². The highest BCUT2D eigenvalue weighted by Gasteiger charge is 2.53. The van der Waals surface area contributed by atoms with Crippen molar-refractivity contribution < 1.29 is 86.7 Å². The molecule has 0 unspecified atom stereocenters. The standard InChI is InChI=1S/C12H21NO19S3/c14-5-3(13-33(19,20)21)1-28-4(2-29-34(22,23)24)8(5)30-12-10(32-35(25,26)27)7(16)6(15)9(31-12)11(17)18/h3-10,12-16H,1-2H2,(H,17,18)(H,19,20,21)(H,22,23,24)(H,25,26,27)/t3-,4+,5+,6-,7-,8+,9+,10+,12+/m0/s1. The zero-order valence-electron chi connectivity index (χ0n) is 16.9. The molecule has 0 aliphatic carbocycles. The number of carbonyl (C=O) groups is 1. The van der Waals surface area contributed by atoms with Gasteiger partial charge in [0.2, 0.25) is 0 Å². The first kappa shape index (κ1) is 30.1. The van der Waals surface area contributed by atoms with Gasteiger partial charge in [0.1, 0.15) is 30.5 Å². The van der Waals surface area contributed by atoms with Crippen LogP contribution in [0, 0.1) is 0 Å². The third-order valence-electron chi connectivity index (χ3n) is 4.60. The number of hydrogen-bond donors (Lipinski definition) is 8. The lowest BCUT2D eigenvalue weighted by Gasteiger charge is -2.45. The Bertz CT molecular complexity index is 1070. The van der Waals surface area contributed by atoms with Crippen molar-refractivity contribution in [3.63, 3.8) is 0 Å². The molecule has 2 aliphatic heterocycles. The van der Waals surface area contributed by atoms with Crippen molar-refractivity contribution in [2.45, 2.75) is 55.1 Å². The maximum Gasteiger partial charge on any atom is 0.397 e. The number of carboxylic acids is 1. The highest BCUT2D eigenvalue weighted by molar-refractivity contribution is 7.83. The van der Waals surface area contributed by atoms with Crippen molar-refractivity contribution in [2.75, 3.05) is 13.2 Å². The topological polar surface area (TPSA) is 319 Å². The minimum absolute atomic E-state index is 0.754. The number of rotatable bonds is 10. The van der Waals surface area contributed by atoms with Crippen LogP contribution in [0.5, 0.6) is 0 Å². The van der Waals surface area contributed by atoms with E-state index in [1.54, 1.807) is 0 Å². The van der Waals surface area contributed by atoms with Crippen LogP contribution in [0.1, 0.15) is 0 Å². The van der Waals surface area contributed by atoms with E-state index in [1.165, 1.54) is 4.72 Å². The highest BCUT2D eigenvalue weighted by atomic mass is 32.3. The number of carboxylic acid groups (broad SMARTS) is 1. The fourth-order valence-electron chi connectivity index (χ4n) is 3.18. The van der Waals surface area contributed by atoms with Crippen LogP contribution in [0.2, 0.25) is 0 Å². The van der Waals surface area contributed by atoms with Crippen LogP contribution >= 0.6 is 0 Å². The fourth-order valence-corrected chi connectivity index (χ4v) is 4.56. The predicted octanol–water partition coefficient (Wildman–Crippen LogP) is -5.57. The normalized spacial score (nSPS) is 37.1. The molecule has 2 rings (SSSR count). The molecule has 20 nitrogen and oxygen atoms in total. The average molecular weight is 579 g/mol. The first-order valence-electron chi connectivity index (χ1n) is 9.01. The summed E-state index contributed by atoms with van der Waals surface area (Å²) in [6.45, 7) is -1.88. The molecule has 2 heterocycles. The van der Waals surface area contributed by atoms with Crippen LogP contribution in [-0.4, -0.2) is 134 Å². The third-order valence-corrected chi connectivity index (χ3v) is 6.10. The molecule has 0 aromatic rings. The second-order valence-corrected chi connectivity index (χ2v) is 10.4. The molecule has 0 aromatic heterocycles. The Labute approximate surface area is 197 Å². The zero-order chi connectivity index (χ0) is 26.9. The van der Waals surface area contributed by atoms with Gasteiger partial charge in [0, 0.05) is 0 Å². The van der Waals surface area contributed by atoms with E-state index < -0.39 is 105 Å². The van der Waals surface area contributed by atoms with Gasteiger partial charge in [-0.3, -0.25) is 13.7 Å². The van der Waals surface area contributed by atoms with E-state index in [1.807, 2.05) is 0 Å². The van der Waals surface area contributed by atoms with Crippen molar-refractivity contribution in [1.29, 1.82) is 0 Å². The van der Waals surface area contributed by atoms with Gasteiger partial charge in [-0.15, -0.1) is 0 Å². The molecule has 0 amide bonds. The first-order valence-corrected chi connectivity index (χ1v) is 13.2. The van der Waals surface area contributed by atoms with Crippen LogP contribution in [-0.2, 0) is 58.5 Å². The van der Waals surface area contributed by atoms with Crippen LogP contribution in [0.15, 0.2) is 0 Å². The number of hydrogen-bond acceptors (Lipinski definition) is 15. The Kier molecular flexibility index (Phi) is 9.51. The third kappa shape index (κ3) is 8.72. The van der Waals surface area contributed by atoms with Gasteiger partial charge in [-0.05, 0) is 0 Å².